The van der Waals surface area contributed by atoms with E-state index in [9.17, 15) is 4.79 Å². The molecule has 0 saturated heterocycles. The van der Waals surface area contributed by atoms with Crippen LogP contribution >= 0.6 is 0 Å². The molecular formula is C36H45NO3. The summed E-state index contributed by atoms with van der Waals surface area (Å²) < 4.78 is 12.3. The summed E-state index contributed by atoms with van der Waals surface area (Å²) >= 11 is 0. The Labute approximate surface area is 240 Å². The van der Waals surface area contributed by atoms with E-state index >= 15 is 0 Å². The van der Waals surface area contributed by atoms with E-state index in [2.05, 4.69) is 32.9 Å². The second kappa shape index (κ2) is 14.9. The first-order chi connectivity index (χ1) is 19.5. The highest BCUT2D eigenvalue weighted by Crippen LogP contribution is 2.36. The average molecular weight is 540 g/mol. The van der Waals surface area contributed by atoms with E-state index in [1.54, 1.807) is 0 Å². The fraction of sp³-hybridized carbons (Fsp3) is 0.444. The van der Waals surface area contributed by atoms with Crippen LogP contribution in [0.25, 0.3) is 0 Å². The zero-order valence-corrected chi connectivity index (χ0v) is 24.5. The summed E-state index contributed by atoms with van der Waals surface area (Å²) in [5.74, 6) is 1.38. The lowest BCUT2D eigenvalue weighted by Crippen LogP contribution is -2.35. The van der Waals surface area contributed by atoms with E-state index in [1.807, 2.05) is 85.8 Å². The van der Waals surface area contributed by atoms with Crippen molar-refractivity contribution in [2.45, 2.75) is 71.4 Å². The molecule has 0 spiro atoms. The number of aliphatic imine (C=N–C) groups is 1. The molecule has 40 heavy (non-hydrogen) atoms. The summed E-state index contributed by atoms with van der Waals surface area (Å²) in [5, 5.41) is 0. The minimum absolute atomic E-state index is 0.179. The molecule has 3 aromatic carbocycles. The van der Waals surface area contributed by atoms with Crippen molar-refractivity contribution in [3.05, 3.63) is 108 Å². The number of carbonyl (C=O) groups is 1. The van der Waals surface area contributed by atoms with E-state index in [0.717, 1.165) is 28.8 Å². The molecule has 0 N–H and O–H groups in total. The summed E-state index contributed by atoms with van der Waals surface area (Å²) in [7, 11) is 0. The van der Waals surface area contributed by atoms with Gasteiger partial charge in [-0.3, -0.25) is 4.99 Å². The van der Waals surface area contributed by atoms with Crippen LogP contribution in [0.2, 0.25) is 0 Å². The van der Waals surface area contributed by atoms with Crippen LogP contribution in [0.5, 0.6) is 0 Å². The Balaban J connectivity index is 1.69. The van der Waals surface area contributed by atoms with Crippen LogP contribution < -0.4 is 0 Å². The van der Waals surface area contributed by atoms with Gasteiger partial charge in [0.05, 0.1) is 18.4 Å². The molecule has 0 heterocycles. The third-order valence-electron chi connectivity index (χ3n) is 8.22. The predicted molar refractivity (Wildman–Crippen MR) is 164 cm³/mol. The van der Waals surface area contributed by atoms with Gasteiger partial charge in [-0.15, -0.1) is 0 Å². The van der Waals surface area contributed by atoms with E-state index in [4.69, 9.17) is 14.5 Å². The maximum Gasteiger partial charge on any atom is 0.331 e. The molecule has 212 valence electrons. The Hall–Kier alpha value is -3.24. The van der Waals surface area contributed by atoms with E-state index in [1.165, 1.54) is 12.8 Å². The molecule has 1 aliphatic rings. The molecule has 0 bridgehead atoms. The van der Waals surface area contributed by atoms with Gasteiger partial charge in [-0.1, -0.05) is 118 Å². The Morgan fingerprint density at radius 2 is 1.45 bits per heavy atom. The fourth-order valence-corrected chi connectivity index (χ4v) is 6.04. The molecule has 0 radical (unpaired) electrons. The predicted octanol–water partition coefficient (Wildman–Crippen LogP) is 8.11. The summed E-state index contributed by atoms with van der Waals surface area (Å²) in [6.07, 6.45) is 4.54. The summed E-state index contributed by atoms with van der Waals surface area (Å²) in [4.78, 5) is 18.9. The summed E-state index contributed by atoms with van der Waals surface area (Å²) in [6, 6.07) is 29.8. The number of ether oxygens (including phenoxy) is 2. The second-order valence-corrected chi connectivity index (χ2v) is 11.4. The number of hydrogen-bond donors (Lipinski definition) is 0. The lowest BCUT2D eigenvalue weighted by molar-refractivity contribution is -0.145. The average Bonchev–Trinajstić information content (AvgIpc) is 2.98. The number of nitrogens with zero attached hydrogens (tertiary/aromatic N) is 1. The minimum atomic E-state index is -0.701. The zero-order valence-electron chi connectivity index (χ0n) is 24.5. The molecule has 4 rings (SSSR count). The SMILES string of the molecule is CCOC(=O)[C@H](N=C(c1ccccc1)c1ccccc1)[C@@H](CCO[C@H]1C[C@@H](C)CC[C@@H]1C(C)C)c1ccccc1. The highest BCUT2D eigenvalue weighted by molar-refractivity contribution is 6.13. The smallest absolute Gasteiger partial charge is 0.331 e. The highest BCUT2D eigenvalue weighted by atomic mass is 16.5. The first kappa shape index (κ1) is 29.7. The second-order valence-electron chi connectivity index (χ2n) is 11.4. The molecule has 0 amide bonds. The van der Waals surface area contributed by atoms with Crippen LogP contribution in [0.3, 0.4) is 0 Å². The normalized spacial score (nSPS) is 20.5. The van der Waals surface area contributed by atoms with E-state index < -0.39 is 6.04 Å². The quantitative estimate of drug-likeness (QED) is 0.173. The van der Waals surface area contributed by atoms with Gasteiger partial charge >= 0.3 is 5.97 Å². The lowest BCUT2D eigenvalue weighted by atomic mass is 9.75. The molecule has 1 aliphatic carbocycles. The van der Waals surface area contributed by atoms with Crippen molar-refractivity contribution in [3.8, 4) is 0 Å². The third-order valence-corrected chi connectivity index (χ3v) is 8.22. The van der Waals surface area contributed by atoms with Crippen molar-refractivity contribution in [3.63, 3.8) is 0 Å². The van der Waals surface area contributed by atoms with Crippen LogP contribution in [0, 0.1) is 17.8 Å². The molecule has 4 nitrogen and oxygen atoms in total. The van der Waals surface area contributed by atoms with Gasteiger partial charge < -0.3 is 9.47 Å². The van der Waals surface area contributed by atoms with Gasteiger partial charge in [0.25, 0.3) is 0 Å². The van der Waals surface area contributed by atoms with Gasteiger partial charge in [0.2, 0.25) is 0 Å². The van der Waals surface area contributed by atoms with Crippen LogP contribution in [0.4, 0.5) is 0 Å². The van der Waals surface area contributed by atoms with Gasteiger partial charge in [0.15, 0.2) is 6.04 Å². The number of hydrogen-bond acceptors (Lipinski definition) is 4. The zero-order chi connectivity index (χ0) is 28.3. The number of esters is 1. The topological polar surface area (TPSA) is 47.9 Å². The van der Waals surface area contributed by atoms with Crippen LogP contribution in [0.1, 0.15) is 76.0 Å². The monoisotopic (exact) mass is 539 g/mol. The van der Waals surface area contributed by atoms with Crippen LogP contribution in [-0.4, -0.2) is 37.0 Å². The molecule has 3 aromatic rings. The molecule has 1 fully saturated rings. The third kappa shape index (κ3) is 7.91. The Morgan fingerprint density at radius 1 is 0.875 bits per heavy atom. The minimum Gasteiger partial charge on any atom is -0.464 e. The molecule has 4 heteroatoms. The largest absolute Gasteiger partial charge is 0.464 e. The molecule has 5 atom stereocenters. The molecule has 1 saturated carbocycles. The van der Waals surface area contributed by atoms with E-state index in [-0.39, 0.29) is 18.0 Å². The van der Waals surface area contributed by atoms with Crippen molar-refractivity contribution in [1.82, 2.24) is 0 Å². The van der Waals surface area contributed by atoms with Crippen molar-refractivity contribution in [2.24, 2.45) is 22.7 Å². The Morgan fingerprint density at radius 3 is 2.00 bits per heavy atom. The van der Waals surface area contributed by atoms with E-state index in [0.29, 0.717) is 37.4 Å². The van der Waals surface area contributed by atoms with Gasteiger partial charge in [-0.2, -0.15) is 0 Å². The van der Waals surface area contributed by atoms with Gasteiger partial charge in [-0.05, 0) is 49.5 Å². The first-order valence-corrected chi connectivity index (χ1v) is 15.0. The first-order valence-electron chi connectivity index (χ1n) is 15.0. The van der Waals surface area contributed by atoms with Crippen molar-refractivity contribution in [2.75, 3.05) is 13.2 Å². The van der Waals surface area contributed by atoms with Crippen LogP contribution in [0.15, 0.2) is 96.0 Å². The molecular weight excluding hydrogens is 494 g/mol. The van der Waals surface area contributed by atoms with Gasteiger partial charge in [-0.25, -0.2) is 4.79 Å². The molecule has 0 unspecified atom stereocenters. The number of rotatable bonds is 12. The highest BCUT2D eigenvalue weighted by Gasteiger charge is 2.34. The Kier molecular flexibility index (Phi) is 11.1. The molecule has 0 aliphatic heterocycles. The summed E-state index contributed by atoms with van der Waals surface area (Å²) in [5.41, 5.74) is 3.82. The van der Waals surface area contributed by atoms with Gasteiger partial charge in [0, 0.05) is 23.7 Å². The lowest BCUT2D eigenvalue weighted by Gasteiger charge is -2.37. The standard InChI is InChI=1S/C36H45NO3/c1-5-39-36(38)35(37-34(29-17-11-7-12-18-29)30-19-13-8-14-20-30)32(28-15-9-6-10-16-28)23-24-40-33-25-27(4)21-22-31(33)26(2)3/h6-20,26-27,31-33,35H,5,21-25H2,1-4H3/t27-,31+,32-,33-,35+/m0/s1. The maximum atomic E-state index is 13.6. The molecule has 0 aromatic heterocycles. The number of benzene rings is 3. The fourth-order valence-electron chi connectivity index (χ4n) is 6.04. The van der Waals surface area contributed by atoms with Crippen molar-refractivity contribution >= 4 is 11.7 Å². The maximum absolute atomic E-state index is 13.6. The van der Waals surface area contributed by atoms with Crippen LogP contribution in [-0.2, 0) is 14.3 Å². The van der Waals surface area contributed by atoms with Gasteiger partial charge in [0.1, 0.15) is 0 Å². The van der Waals surface area contributed by atoms with Crippen molar-refractivity contribution < 1.29 is 14.3 Å². The number of carbonyl (C=O) groups excluding carboxylic acids is 1. The summed E-state index contributed by atoms with van der Waals surface area (Å²) in [6.45, 7) is 9.70. The van der Waals surface area contributed by atoms with Crippen molar-refractivity contribution in [1.29, 1.82) is 0 Å². The Bertz CT molecular complexity index is 1150.